The highest BCUT2D eigenvalue weighted by Gasteiger charge is 2.28. The van der Waals surface area contributed by atoms with Gasteiger partial charge >= 0.3 is 12.0 Å². The molecule has 1 aliphatic heterocycles. The van der Waals surface area contributed by atoms with Crippen molar-refractivity contribution in [3.05, 3.63) is 87.7 Å². The first-order valence-corrected chi connectivity index (χ1v) is 11.3. The molecule has 1 fully saturated rings. The van der Waals surface area contributed by atoms with Crippen LogP contribution in [0, 0.1) is 27.7 Å². The van der Waals surface area contributed by atoms with Gasteiger partial charge in [0.2, 0.25) is 11.7 Å². The van der Waals surface area contributed by atoms with Crippen LogP contribution in [0.15, 0.2) is 48.5 Å². The van der Waals surface area contributed by atoms with Gasteiger partial charge in [0.15, 0.2) is 6.61 Å². The molecule has 180 valence electrons. The number of carbonyl (C=O) groups excluding carboxylic acids is 4. The molecule has 8 nitrogen and oxygen atoms in total. The lowest BCUT2D eigenvalue weighted by atomic mass is 10.1. The molecule has 2 heterocycles. The maximum atomic E-state index is 12.9. The summed E-state index contributed by atoms with van der Waals surface area (Å²) in [5.41, 5.74) is 6.36. The largest absolute Gasteiger partial charge is 0.454 e. The Morgan fingerprint density at radius 1 is 0.971 bits per heavy atom. The number of hydrogen-bond acceptors (Lipinski definition) is 5. The lowest BCUT2D eigenvalue weighted by Gasteiger charge is -2.13. The molecule has 0 spiro atoms. The van der Waals surface area contributed by atoms with Gasteiger partial charge in [0.1, 0.15) is 0 Å². The van der Waals surface area contributed by atoms with E-state index in [0.717, 1.165) is 27.5 Å². The number of carbonyl (C=O) groups is 4. The van der Waals surface area contributed by atoms with Crippen molar-refractivity contribution in [2.24, 2.45) is 0 Å². The van der Waals surface area contributed by atoms with E-state index in [-0.39, 0.29) is 30.3 Å². The fraction of sp³-hybridized carbons (Fsp3) is 0.259. The number of ether oxygens (including phenoxy) is 1. The van der Waals surface area contributed by atoms with Crippen LogP contribution < -0.4 is 5.32 Å². The van der Waals surface area contributed by atoms with Crippen LogP contribution >= 0.6 is 0 Å². The van der Waals surface area contributed by atoms with Crippen LogP contribution in [0.5, 0.6) is 0 Å². The number of aromatic nitrogens is 1. The average Bonchev–Trinajstić information content (AvgIpc) is 3.31. The number of ketones is 1. The second-order valence-electron chi connectivity index (χ2n) is 8.73. The molecular weight excluding hydrogens is 446 g/mol. The van der Waals surface area contributed by atoms with Crippen LogP contribution in [0.25, 0.3) is 5.69 Å². The fourth-order valence-corrected chi connectivity index (χ4v) is 4.19. The molecule has 2 aromatic carbocycles. The van der Waals surface area contributed by atoms with Gasteiger partial charge in [0, 0.05) is 22.6 Å². The Kier molecular flexibility index (Phi) is 6.55. The number of Topliss-reactive ketones (excluding diaryl/α,β-unsaturated/α-hetero) is 1. The maximum Gasteiger partial charge on any atom is 0.338 e. The third-order valence-electron chi connectivity index (χ3n) is 6.26. The number of hydrogen-bond donors (Lipinski definition) is 1. The summed E-state index contributed by atoms with van der Waals surface area (Å²) in [6, 6.07) is 14.0. The third kappa shape index (κ3) is 4.87. The molecule has 1 aliphatic rings. The topological polar surface area (TPSA) is 97.7 Å². The van der Waals surface area contributed by atoms with Gasteiger partial charge < -0.3 is 14.6 Å². The van der Waals surface area contributed by atoms with Gasteiger partial charge in [0.25, 0.3) is 0 Å². The highest BCUT2D eigenvalue weighted by atomic mass is 16.5. The first-order chi connectivity index (χ1) is 16.7. The van der Waals surface area contributed by atoms with Crippen LogP contribution in [0.3, 0.4) is 0 Å². The summed E-state index contributed by atoms with van der Waals surface area (Å²) in [5, 5.41) is 2.46. The number of imide groups is 1. The van der Waals surface area contributed by atoms with Crippen LogP contribution in [-0.4, -0.2) is 46.3 Å². The van der Waals surface area contributed by atoms with Crippen LogP contribution in [0.4, 0.5) is 4.79 Å². The number of nitrogens with one attached hydrogen (secondary N) is 1. The lowest BCUT2D eigenvalue weighted by Crippen LogP contribution is -2.30. The molecule has 1 N–H and O–H groups in total. The minimum atomic E-state index is -0.652. The first kappa shape index (κ1) is 23.9. The molecule has 1 aromatic heterocycles. The molecule has 1 saturated heterocycles. The van der Waals surface area contributed by atoms with Gasteiger partial charge in [-0.1, -0.05) is 18.2 Å². The van der Waals surface area contributed by atoms with E-state index in [2.05, 4.69) is 18.3 Å². The molecule has 3 amide bonds. The highest BCUT2D eigenvalue weighted by Crippen LogP contribution is 2.23. The number of aryl methyl sites for hydroxylation is 3. The van der Waals surface area contributed by atoms with Gasteiger partial charge in [-0.2, -0.15) is 0 Å². The number of amides is 3. The van der Waals surface area contributed by atoms with Crippen LogP contribution in [-0.2, 0) is 16.1 Å². The summed E-state index contributed by atoms with van der Waals surface area (Å²) in [6.07, 6.45) is 0. The fourth-order valence-electron chi connectivity index (χ4n) is 4.19. The Balaban J connectivity index is 1.44. The van der Waals surface area contributed by atoms with E-state index >= 15 is 0 Å². The Bertz CT molecular complexity index is 1340. The van der Waals surface area contributed by atoms with Crippen molar-refractivity contribution in [1.82, 2.24) is 14.8 Å². The number of benzene rings is 2. The highest BCUT2D eigenvalue weighted by molar-refractivity contribution is 6.02. The van der Waals surface area contributed by atoms with E-state index in [1.54, 1.807) is 30.3 Å². The quantitative estimate of drug-likeness (QED) is 0.320. The zero-order valence-corrected chi connectivity index (χ0v) is 20.2. The zero-order valence-electron chi connectivity index (χ0n) is 20.2. The molecule has 3 aromatic rings. The van der Waals surface area contributed by atoms with Crippen molar-refractivity contribution >= 4 is 23.7 Å². The number of esters is 1. The minimum absolute atomic E-state index is 0.0349. The zero-order chi connectivity index (χ0) is 25.3. The smallest absolute Gasteiger partial charge is 0.338 e. The molecule has 8 heteroatoms. The Morgan fingerprint density at radius 3 is 2.43 bits per heavy atom. The average molecular weight is 474 g/mol. The summed E-state index contributed by atoms with van der Waals surface area (Å²) >= 11 is 0. The lowest BCUT2D eigenvalue weighted by molar-refractivity contribution is -0.125. The molecule has 0 atom stereocenters. The van der Waals surface area contributed by atoms with Crippen LogP contribution in [0.1, 0.15) is 48.8 Å². The Hall–Kier alpha value is -4.20. The SMILES string of the molecule is Cc1ccc(-n2c(C)cc(C(=O)COC(=O)c3cccc(CN4C(=O)CNC4=O)c3)c2C)cc1C. The Labute approximate surface area is 203 Å². The first-order valence-electron chi connectivity index (χ1n) is 11.3. The summed E-state index contributed by atoms with van der Waals surface area (Å²) in [7, 11) is 0. The van der Waals surface area contributed by atoms with Crippen LogP contribution in [0.2, 0.25) is 0 Å². The monoisotopic (exact) mass is 473 g/mol. The van der Waals surface area contributed by atoms with Gasteiger partial charge in [-0.3, -0.25) is 14.5 Å². The van der Waals surface area contributed by atoms with Gasteiger partial charge in [0.05, 0.1) is 18.7 Å². The van der Waals surface area contributed by atoms with Crippen molar-refractivity contribution in [2.45, 2.75) is 34.2 Å². The Morgan fingerprint density at radius 2 is 1.74 bits per heavy atom. The maximum absolute atomic E-state index is 12.9. The number of nitrogens with zero attached hydrogens (tertiary/aromatic N) is 2. The van der Waals surface area contributed by atoms with Crippen molar-refractivity contribution < 1.29 is 23.9 Å². The van der Waals surface area contributed by atoms with E-state index in [0.29, 0.717) is 11.1 Å². The summed E-state index contributed by atoms with van der Waals surface area (Å²) in [6.45, 7) is 7.52. The minimum Gasteiger partial charge on any atom is -0.454 e. The molecule has 4 rings (SSSR count). The summed E-state index contributed by atoms with van der Waals surface area (Å²) < 4.78 is 7.31. The van der Waals surface area contributed by atoms with Gasteiger partial charge in [-0.15, -0.1) is 0 Å². The van der Waals surface area contributed by atoms with Gasteiger partial charge in [-0.25, -0.2) is 9.59 Å². The number of urea groups is 1. The van der Waals surface area contributed by atoms with Crippen molar-refractivity contribution in [1.29, 1.82) is 0 Å². The molecule has 0 radical (unpaired) electrons. The molecule has 35 heavy (non-hydrogen) atoms. The molecule has 0 saturated carbocycles. The van der Waals surface area contributed by atoms with E-state index in [4.69, 9.17) is 4.74 Å². The van der Waals surface area contributed by atoms with E-state index in [1.807, 2.05) is 37.5 Å². The van der Waals surface area contributed by atoms with Crippen molar-refractivity contribution in [2.75, 3.05) is 13.2 Å². The normalized spacial score (nSPS) is 13.2. The standard InChI is InChI=1S/C27H27N3O5/c1-16-8-9-22(10-17(16)2)30-18(3)11-23(19(30)4)24(31)15-35-26(33)21-7-5-6-20(12-21)14-29-25(32)13-28-27(29)34/h5-12H,13-15H2,1-4H3,(H,28,34). The second-order valence-corrected chi connectivity index (χ2v) is 8.73. The second kappa shape index (κ2) is 9.58. The predicted octanol–water partition coefficient (Wildman–Crippen LogP) is 3.80. The van der Waals surface area contributed by atoms with E-state index < -0.39 is 18.6 Å². The van der Waals surface area contributed by atoms with Gasteiger partial charge in [-0.05, 0) is 74.7 Å². The third-order valence-corrected chi connectivity index (χ3v) is 6.26. The molecule has 0 bridgehead atoms. The van der Waals surface area contributed by atoms with E-state index in [1.165, 1.54) is 5.56 Å². The predicted molar refractivity (Wildman–Crippen MR) is 130 cm³/mol. The van der Waals surface area contributed by atoms with Crippen molar-refractivity contribution in [3.63, 3.8) is 0 Å². The molecular formula is C27H27N3O5. The number of rotatable bonds is 7. The summed E-state index contributed by atoms with van der Waals surface area (Å²) in [4.78, 5) is 50.2. The molecule has 0 unspecified atom stereocenters. The molecule has 0 aliphatic carbocycles. The van der Waals surface area contributed by atoms with E-state index in [9.17, 15) is 19.2 Å². The summed E-state index contributed by atoms with van der Waals surface area (Å²) in [5.74, 6) is -1.27. The van der Waals surface area contributed by atoms with Crippen molar-refractivity contribution in [3.8, 4) is 5.69 Å².